The van der Waals surface area contributed by atoms with Crippen LogP contribution in [-0.4, -0.2) is 21.4 Å². The molecule has 0 aromatic heterocycles. The van der Waals surface area contributed by atoms with Crippen LogP contribution < -0.4 is 9.62 Å². The minimum atomic E-state index is -3.74. The van der Waals surface area contributed by atoms with Crippen molar-refractivity contribution in [2.24, 2.45) is 0 Å². The first-order valence-electron chi connectivity index (χ1n) is 9.38. The standard InChI is InChI=1S/C23H23ClN2O3S/c1-16-8-11-20(12-9-16)30(28,29)26(3)19-10-13-21(22(24)14-19)23(27)25-15-18-7-5-4-6-17(18)2/h4-14H,15H2,1-3H3,(H,25,27). The minimum absolute atomic E-state index is 0.181. The molecule has 30 heavy (non-hydrogen) atoms. The van der Waals surface area contributed by atoms with E-state index in [1.165, 1.54) is 19.2 Å². The van der Waals surface area contributed by atoms with Crippen molar-refractivity contribution < 1.29 is 13.2 Å². The van der Waals surface area contributed by atoms with Gasteiger partial charge in [0.25, 0.3) is 15.9 Å². The van der Waals surface area contributed by atoms with Gasteiger partial charge in [0.15, 0.2) is 0 Å². The second-order valence-corrected chi connectivity index (χ2v) is 9.44. The van der Waals surface area contributed by atoms with Gasteiger partial charge in [-0.05, 0) is 55.3 Å². The van der Waals surface area contributed by atoms with E-state index in [9.17, 15) is 13.2 Å². The van der Waals surface area contributed by atoms with Crippen LogP contribution in [0.5, 0.6) is 0 Å². The van der Waals surface area contributed by atoms with Gasteiger partial charge in [-0.25, -0.2) is 8.42 Å². The van der Waals surface area contributed by atoms with Crippen molar-refractivity contribution in [3.63, 3.8) is 0 Å². The van der Waals surface area contributed by atoms with Gasteiger partial charge in [-0.1, -0.05) is 53.6 Å². The molecular weight excluding hydrogens is 420 g/mol. The zero-order chi connectivity index (χ0) is 21.9. The van der Waals surface area contributed by atoms with E-state index in [0.717, 1.165) is 21.0 Å². The monoisotopic (exact) mass is 442 g/mol. The third-order valence-corrected chi connectivity index (χ3v) is 7.05. The van der Waals surface area contributed by atoms with Crippen LogP contribution in [0.1, 0.15) is 27.0 Å². The molecular formula is C23H23ClN2O3S. The fraction of sp³-hybridized carbons (Fsp3) is 0.174. The molecule has 0 radical (unpaired) electrons. The summed E-state index contributed by atoms with van der Waals surface area (Å²) in [6, 6.07) is 19.0. The average molecular weight is 443 g/mol. The van der Waals surface area contributed by atoms with Gasteiger partial charge in [-0.2, -0.15) is 0 Å². The number of carbonyl (C=O) groups is 1. The molecule has 1 amide bonds. The maximum atomic E-state index is 12.9. The van der Waals surface area contributed by atoms with Crippen LogP contribution >= 0.6 is 11.6 Å². The summed E-state index contributed by atoms with van der Waals surface area (Å²) < 4.78 is 26.9. The van der Waals surface area contributed by atoms with Crippen molar-refractivity contribution in [3.05, 3.63) is 94.0 Å². The van der Waals surface area contributed by atoms with Crippen LogP contribution in [0, 0.1) is 13.8 Å². The second kappa shape index (κ2) is 8.90. The molecule has 5 nitrogen and oxygen atoms in total. The van der Waals surface area contributed by atoms with E-state index in [2.05, 4.69) is 5.32 Å². The number of aryl methyl sites for hydroxylation is 2. The first kappa shape index (κ1) is 21.9. The summed E-state index contributed by atoms with van der Waals surface area (Å²) in [6.07, 6.45) is 0. The van der Waals surface area contributed by atoms with Gasteiger partial charge in [-0.15, -0.1) is 0 Å². The van der Waals surface area contributed by atoms with E-state index in [-0.39, 0.29) is 21.4 Å². The molecule has 0 saturated carbocycles. The van der Waals surface area contributed by atoms with Gasteiger partial charge in [0.1, 0.15) is 0 Å². The SMILES string of the molecule is Cc1ccc(S(=O)(=O)N(C)c2ccc(C(=O)NCc3ccccc3C)c(Cl)c2)cc1. The Hall–Kier alpha value is -2.83. The van der Waals surface area contributed by atoms with Crippen molar-refractivity contribution in [1.29, 1.82) is 0 Å². The Morgan fingerprint density at radius 2 is 1.67 bits per heavy atom. The van der Waals surface area contributed by atoms with Gasteiger partial charge < -0.3 is 5.32 Å². The van der Waals surface area contributed by atoms with E-state index in [0.29, 0.717) is 12.2 Å². The number of sulfonamides is 1. The molecule has 0 aliphatic carbocycles. The van der Waals surface area contributed by atoms with Crippen molar-refractivity contribution in [3.8, 4) is 0 Å². The zero-order valence-corrected chi connectivity index (χ0v) is 18.6. The summed E-state index contributed by atoms with van der Waals surface area (Å²) in [5.41, 5.74) is 3.73. The molecule has 7 heteroatoms. The van der Waals surface area contributed by atoms with Crippen LogP contribution in [0.4, 0.5) is 5.69 Å². The van der Waals surface area contributed by atoms with Crippen molar-refractivity contribution in [1.82, 2.24) is 5.32 Å². The van der Waals surface area contributed by atoms with Gasteiger partial charge in [0.05, 0.1) is 21.2 Å². The highest BCUT2D eigenvalue weighted by Crippen LogP contribution is 2.27. The normalized spacial score (nSPS) is 11.2. The Bertz CT molecular complexity index is 1180. The number of amides is 1. The Labute approximate surface area is 182 Å². The van der Waals surface area contributed by atoms with Crippen LogP contribution in [0.25, 0.3) is 0 Å². The molecule has 3 aromatic carbocycles. The molecule has 0 heterocycles. The summed E-state index contributed by atoms with van der Waals surface area (Å²) in [5.74, 6) is -0.321. The lowest BCUT2D eigenvalue weighted by atomic mass is 10.1. The van der Waals surface area contributed by atoms with Crippen LogP contribution in [0.15, 0.2) is 71.6 Å². The van der Waals surface area contributed by atoms with E-state index in [1.54, 1.807) is 30.3 Å². The number of rotatable bonds is 6. The van der Waals surface area contributed by atoms with E-state index in [4.69, 9.17) is 11.6 Å². The lowest BCUT2D eigenvalue weighted by Gasteiger charge is -2.20. The number of hydrogen-bond donors (Lipinski definition) is 1. The number of nitrogens with zero attached hydrogens (tertiary/aromatic N) is 1. The van der Waals surface area contributed by atoms with Gasteiger partial charge in [0, 0.05) is 13.6 Å². The van der Waals surface area contributed by atoms with E-state index < -0.39 is 10.0 Å². The molecule has 0 atom stereocenters. The molecule has 0 spiro atoms. The lowest BCUT2D eigenvalue weighted by Crippen LogP contribution is -2.27. The van der Waals surface area contributed by atoms with Crippen molar-refractivity contribution in [2.45, 2.75) is 25.3 Å². The van der Waals surface area contributed by atoms with E-state index in [1.807, 2.05) is 38.1 Å². The molecule has 0 saturated heterocycles. The first-order chi connectivity index (χ1) is 14.2. The number of benzene rings is 3. The summed E-state index contributed by atoms with van der Waals surface area (Å²) >= 11 is 6.32. The molecule has 0 fully saturated rings. The number of halogens is 1. The fourth-order valence-corrected chi connectivity index (χ4v) is 4.42. The molecule has 3 aromatic rings. The average Bonchev–Trinajstić information content (AvgIpc) is 2.72. The summed E-state index contributed by atoms with van der Waals surface area (Å²) in [4.78, 5) is 12.7. The maximum Gasteiger partial charge on any atom is 0.264 e. The molecule has 156 valence electrons. The summed E-state index contributed by atoms with van der Waals surface area (Å²) in [5, 5.41) is 3.03. The molecule has 0 bridgehead atoms. The van der Waals surface area contributed by atoms with Crippen molar-refractivity contribution in [2.75, 3.05) is 11.4 Å². The fourth-order valence-electron chi connectivity index (χ4n) is 2.97. The number of carbonyl (C=O) groups excluding carboxylic acids is 1. The Morgan fingerprint density at radius 1 is 1.00 bits per heavy atom. The van der Waals surface area contributed by atoms with Crippen LogP contribution in [0.2, 0.25) is 5.02 Å². The third kappa shape index (κ3) is 4.66. The molecule has 3 rings (SSSR count). The van der Waals surface area contributed by atoms with Crippen LogP contribution in [-0.2, 0) is 16.6 Å². The Kier molecular flexibility index (Phi) is 6.48. The third-order valence-electron chi connectivity index (χ3n) is 4.94. The largest absolute Gasteiger partial charge is 0.348 e. The van der Waals surface area contributed by atoms with Gasteiger partial charge in [0.2, 0.25) is 0 Å². The van der Waals surface area contributed by atoms with E-state index >= 15 is 0 Å². The molecule has 1 N–H and O–H groups in total. The molecule has 0 aliphatic heterocycles. The predicted octanol–water partition coefficient (Wildman–Crippen LogP) is 4.71. The highest BCUT2D eigenvalue weighted by Gasteiger charge is 2.22. The highest BCUT2D eigenvalue weighted by molar-refractivity contribution is 7.92. The molecule has 0 unspecified atom stereocenters. The maximum absolute atomic E-state index is 12.9. The van der Waals surface area contributed by atoms with Crippen molar-refractivity contribution >= 4 is 33.2 Å². The summed E-state index contributed by atoms with van der Waals surface area (Å²) in [6.45, 7) is 4.25. The number of nitrogens with one attached hydrogen (secondary N) is 1. The molecule has 0 aliphatic rings. The lowest BCUT2D eigenvalue weighted by molar-refractivity contribution is 0.0951. The zero-order valence-electron chi connectivity index (χ0n) is 17.0. The number of anilines is 1. The smallest absolute Gasteiger partial charge is 0.264 e. The quantitative estimate of drug-likeness (QED) is 0.601. The predicted molar refractivity (Wildman–Crippen MR) is 121 cm³/mol. The Balaban J connectivity index is 1.78. The first-order valence-corrected chi connectivity index (χ1v) is 11.2. The topological polar surface area (TPSA) is 66.5 Å². The van der Waals surface area contributed by atoms with Gasteiger partial charge in [-0.3, -0.25) is 9.10 Å². The second-order valence-electron chi connectivity index (χ2n) is 7.06. The highest BCUT2D eigenvalue weighted by atomic mass is 35.5. The Morgan fingerprint density at radius 3 is 2.30 bits per heavy atom. The minimum Gasteiger partial charge on any atom is -0.348 e. The van der Waals surface area contributed by atoms with Gasteiger partial charge >= 0.3 is 0 Å². The summed E-state index contributed by atoms with van der Waals surface area (Å²) in [7, 11) is -2.28. The van der Waals surface area contributed by atoms with Crippen LogP contribution in [0.3, 0.4) is 0 Å². The number of hydrogen-bond acceptors (Lipinski definition) is 3.